The van der Waals surface area contributed by atoms with Crippen LogP contribution in [0.2, 0.25) is 0 Å². The van der Waals surface area contributed by atoms with Crippen LogP contribution in [0.1, 0.15) is 74.6 Å². The van der Waals surface area contributed by atoms with Gasteiger partial charge in [0.25, 0.3) is 0 Å². The predicted octanol–water partition coefficient (Wildman–Crippen LogP) is 5.09. The standard InChI is InChI=1S/C19H26N2O/c1-14-11-16-13-20-21(19-9-5-6-10-22-19)18(16)12-17(14)15-7-3-2-4-8-15/h11-13,15,19H,2-10H2,1H3. The van der Waals surface area contributed by atoms with Gasteiger partial charge in [-0.3, -0.25) is 0 Å². The van der Waals surface area contributed by atoms with Crippen molar-refractivity contribution in [3.05, 3.63) is 29.5 Å². The molecule has 1 atom stereocenters. The van der Waals surface area contributed by atoms with Crippen molar-refractivity contribution in [1.82, 2.24) is 9.78 Å². The van der Waals surface area contributed by atoms with Crippen molar-refractivity contribution in [3.8, 4) is 0 Å². The van der Waals surface area contributed by atoms with Crippen LogP contribution in [-0.4, -0.2) is 16.4 Å². The normalized spacial score (nSPS) is 24.0. The van der Waals surface area contributed by atoms with Crippen LogP contribution >= 0.6 is 0 Å². The molecule has 0 spiro atoms. The Morgan fingerprint density at radius 3 is 2.64 bits per heavy atom. The molecule has 0 N–H and O–H groups in total. The summed E-state index contributed by atoms with van der Waals surface area (Å²) in [6.07, 6.45) is 12.5. The first-order chi connectivity index (χ1) is 10.8. The number of hydrogen-bond acceptors (Lipinski definition) is 2. The van der Waals surface area contributed by atoms with E-state index < -0.39 is 0 Å². The lowest BCUT2D eigenvalue weighted by molar-refractivity contribution is -0.0366. The van der Waals surface area contributed by atoms with Gasteiger partial charge in [-0.2, -0.15) is 5.10 Å². The quantitative estimate of drug-likeness (QED) is 0.772. The second-order valence-corrected chi connectivity index (χ2v) is 7.01. The first-order valence-corrected chi connectivity index (χ1v) is 8.92. The van der Waals surface area contributed by atoms with E-state index in [4.69, 9.17) is 4.74 Å². The summed E-state index contributed by atoms with van der Waals surface area (Å²) in [5.74, 6) is 0.744. The number of nitrogens with zero attached hydrogens (tertiary/aromatic N) is 2. The van der Waals surface area contributed by atoms with E-state index in [1.165, 1.54) is 61.4 Å². The van der Waals surface area contributed by atoms with Crippen molar-refractivity contribution < 1.29 is 4.74 Å². The molecular formula is C19H26N2O. The van der Waals surface area contributed by atoms with E-state index in [-0.39, 0.29) is 6.23 Å². The Kier molecular flexibility index (Phi) is 3.91. The van der Waals surface area contributed by atoms with Crippen LogP contribution in [0.5, 0.6) is 0 Å². The van der Waals surface area contributed by atoms with Gasteiger partial charge in [0, 0.05) is 12.0 Å². The SMILES string of the molecule is Cc1cc2cnn(C3CCCCO3)c2cc1C1CCCCC1. The maximum atomic E-state index is 5.95. The van der Waals surface area contributed by atoms with E-state index in [9.17, 15) is 0 Å². The van der Waals surface area contributed by atoms with Gasteiger partial charge >= 0.3 is 0 Å². The van der Waals surface area contributed by atoms with E-state index >= 15 is 0 Å². The van der Waals surface area contributed by atoms with E-state index in [2.05, 4.69) is 28.8 Å². The van der Waals surface area contributed by atoms with Gasteiger partial charge in [-0.15, -0.1) is 0 Å². The predicted molar refractivity (Wildman–Crippen MR) is 89.1 cm³/mol. The van der Waals surface area contributed by atoms with Crippen LogP contribution in [0.3, 0.4) is 0 Å². The monoisotopic (exact) mass is 298 g/mol. The lowest BCUT2D eigenvalue weighted by Gasteiger charge is -2.25. The molecule has 1 aromatic heterocycles. The van der Waals surface area contributed by atoms with Gasteiger partial charge in [0.05, 0.1) is 11.7 Å². The van der Waals surface area contributed by atoms with Crippen molar-refractivity contribution in [1.29, 1.82) is 0 Å². The molecule has 2 aliphatic rings. The van der Waals surface area contributed by atoms with Crippen molar-refractivity contribution in [2.45, 2.75) is 70.4 Å². The van der Waals surface area contributed by atoms with Gasteiger partial charge in [-0.25, -0.2) is 4.68 Å². The summed E-state index contributed by atoms with van der Waals surface area (Å²) >= 11 is 0. The van der Waals surface area contributed by atoms with Gasteiger partial charge in [0.2, 0.25) is 0 Å². The Balaban J connectivity index is 1.73. The third-order valence-electron chi connectivity index (χ3n) is 5.46. The van der Waals surface area contributed by atoms with Gasteiger partial charge in [-0.05, 0) is 68.2 Å². The minimum absolute atomic E-state index is 0.133. The highest BCUT2D eigenvalue weighted by Gasteiger charge is 2.22. The zero-order valence-corrected chi connectivity index (χ0v) is 13.6. The molecular weight excluding hydrogens is 272 g/mol. The van der Waals surface area contributed by atoms with Gasteiger partial charge in [0.15, 0.2) is 6.23 Å². The second kappa shape index (κ2) is 6.04. The van der Waals surface area contributed by atoms with E-state index in [1.807, 2.05) is 6.20 Å². The maximum absolute atomic E-state index is 5.95. The molecule has 4 rings (SSSR count). The summed E-state index contributed by atoms with van der Waals surface area (Å²) in [5, 5.41) is 5.89. The molecule has 1 unspecified atom stereocenters. The summed E-state index contributed by atoms with van der Waals surface area (Å²) in [6.45, 7) is 3.13. The average molecular weight is 298 g/mol. The number of aromatic nitrogens is 2. The maximum Gasteiger partial charge on any atom is 0.150 e. The first-order valence-electron chi connectivity index (χ1n) is 8.92. The Hall–Kier alpha value is -1.35. The molecule has 1 aliphatic carbocycles. The molecule has 0 bridgehead atoms. The van der Waals surface area contributed by atoms with Gasteiger partial charge in [0.1, 0.15) is 0 Å². The van der Waals surface area contributed by atoms with E-state index in [0.717, 1.165) is 18.9 Å². The molecule has 1 aliphatic heterocycles. The largest absolute Gasteiger partial charge is 0.356 e. The van der Waals surface area contributed by atoms with Crippen LogP contribution in [0, 0.1) is 6.92 Å². The molecule has 2 aromatic rings. The molecule has 2 heterocycles. The molecule has 0 radical (unpaired) electrons. The molecule has 1 aromatic carbocycles. The fraction of sp³-hybridized carbons (Fsp3) is 0.632. The third kappa shape index (κ3) is 2.56. The number of aryl methyl sites for hydroxylation is 1. The summed E-state index contributed by atoms with van der Waals surface area (Å²) in [4.78, 5) is 0. The average Bonchev–Trinajstić information content (AvgIpc) is 2.98. The number of benzene rings is 1. The second-order valence-electron chi connectivity index (χ2n) is 7.01. The minimum atomic E-state index is 0.133. The molecule has 0 amide bonds. The molecule has 118 valence electrons. The molecule has 22 heavy (non-hydrogen) atoms. The van der Waals surface area contributed by atoms with Crippen LogP contribution in [0.4, 0.5) is 0 Å². The lowest BCUT2D eigenvalue weighted by Crippen LogP contribution is -2.19. The molecule has 3 heteroatoms. The fourth-order valence-corrected chi connectivity index (χ4v) is 4.22. The van der Waals surface area contributed by atoms with Crippen molar-refractivity contribution in [2.24, 2.45) is 0 Å². The van der Waals surface area contributed by atoms with E-state index in [1.54, 1.807) is 5.56 Å². The highest BCUT2D eigenvalue weighted by molar-refractivity contribution is 5.80. The first kappa shape index (κ1) is 14.3. The van der Waals surface area contributed by atoms with Crippen molar-refractivity contribution in [2.75, 3.05) is 6.61 Å². The lowest BCUT2D eigenvalue weighted by atomic mass is 9.82. The third-order valence-corrected chi connectivity index (χ3v) is 5.46. The van der Waals surface area contributed by atoms with Gasteiger partial charge in [-0.1, -0.05) is 19.3 Å². The molecule has 2 fully saturated rings. The summed E-state index contributed by atoms with van der Waals surface area (Å²) in [6, 6.07) is 4.73. The van der Waals surface area contributed by atoms with Crippen LogP contribution in [0.25, 0.3) is 10.9 Å². The zero-order valence-electron chi connectivity index (χ0n) is 13.6. The Morgan fingerprint density at radius 2 is 1.86 bits per heavy atom. The summed E-state index contributed by atoms with van der Waals surface area (Å²) in [5.41, 5.74) is 4.24. The highest BCUT2D eigenvalue weighted by atomic mass is 16.5. The van der Waals surface area contributed by atoms with Gasteiger partial charge < -0.3 is 4.74 Å². The smallest absolute Gasteiger partial charge is 0.150 e. The van der Waals surface area contributed by atoms with Crippen LogP contribution in [-0.2, 0) is 4.74 Å². The van der Waals surface area contributed by atoms with Crippen LogP contribution < -0.4 is 0 Å². The number of ether oxygens (including phenoxy) is 1. The zero-order chi connectivity index (χ0) is 14.9. The highest BCUT2D eigenvalue weighted by Crippen LogP contribution is 2.36. The topological polar surface area (TPSA) is 27.1 Å². The van der Waals surface area contributed by atoms with Crippen molar-refractivity contribution in [3.63, 3.8) is 0 Å². The molecule has 1 saturated carbocycles. The van der Waals surface area contributed by atoms with E-state index in [0.29, 0.717) is 0 Å². The Labute approximate surface area is 132 Å². The van der Waals surface area contributed by atoms with Crippen LogP contribution in [0.15, 0.2) is 18.3 Å². The minimum Gasteiger partial charge on any atom is -0.356 e. The Morgan fingerprint density at radius 1 is 1.05 bits per heavy atom. The number of hydrogen-bond donors (Lipinski definition) is 0. The number of fused-ring (bicyclic) bond motifs is 1. The molecule has 1 saturated heterocycles. The number of rotatable bonds is 2. The molecule has 3 nitrogen and oxygen atoms in total. The Bertz CT molecular complexity index is 649. The fourth-order valence-electron chi connectivity index (χ4n) is 4.22. The van der Waals surface area contributed by atoms with Crippen molar-refractivity contribution >= 4 is 10.9 Å². The summed E-state index contributed by atoms with van der Waals surface area (Å²) in [7, 11) is 0. The summed E-state index contributed by atoms with van der Waals surface area (Å²) < 4.78 is 8.07.